The molecule has 0 bridgehead atoms. The lowest BCUT2D eigenvalue weighted by Gasteiger charge is -2.05. The van der Waals surface area contributed by atoms with Crippen LogP contribution in [-0.2, 0) is 4.79 Å². The second-order valence-electron chi connectivity index (χ2n) is 3.13. The van der Waals surface area contributed by atoms with Crippen molar-refractivity contribution in [1.29, 1.82) is 0 Å². The molecule has 1 aromatic carbocycles. The van der Waals surface area contributed by atoms with Gasteiger partial charge in [0.15, 0.2) is 0 Å². The van der Waals surface area contributed by atoms with Crippen LogP contribution in [0.4, 0.5) is 5.69 Å². The fourth-order valence-corrected chi connectivity index (χ4v) is 1.13. The third-order valence-electron chi connectivity index (χ3n) is 1.98. The zero-order valence-electron chi connectivity index (χ0n) is 8.65. The van der Waals surface area contributed by atoms with Crippen LogP contribution in [0.5, 0.6) is 5.75 Å². The van der Waals surface area contributed by atoms with E-state index in [1.165, 1.54) is 14.0 Å². The molecule has 4 nitrogen and oxygen atoms in total. The molecule has 0 amide bonds. The lowest BCUT2D eigenvalue weighted by atomic mass is 10.1. The molecule has 0 atom stereocenters. The Morgan fingerprint density at radius 2 is 2.20 bits per heavy atom. The highest BCUT2D eigenvalue weighted by Gasteiger charge is 2.02. The SMILES string of the molecule is COc1cc(C=C(C)C(=O)O)ccc1N. The van der Waals surface area contributed by atoms with E-state index in [0.29, 0.717) is 11.4 Å². The average Bonchev–Trinajstić information content (AvgIpc) is 2.20. The Kier molecular flexibility index (Phi) is 3.33. The van der Waals surface area contributed by atoms with Crippen LogP contribution in [0.1, 0.15) is 12.5 Å². The molecule has 1 aromatic rings. The summed E-state index contributed by atoms with van der Waals surface area (Å²) in [7, 11) is 1.52. The highest BCUT2D eigenvalue weighted by Crippen LogP contribution is 2.23. The molecule has 3 N–H and O–H groups in total. The smallest absolute Gasteiger partial charge is 0.331 e. The molecule has 0 spiro atoms. The molecule has 0 aliphatic carbocycles. The number of aliphatic carboxylic acids is 1. The van der Waals surface area contributed by atoms with Crippen molar-refractivity contribution in [3.05, 3.63) is 29.3 Å². The Hall–Kier alpha value is -1.97. The average molecular weight is 207 g/mol. The number of hydrogen-bond donors (Lipinski definition) is 2. The molecular weight excluding hydrogens is 194 g/mol. The topological polar surface area (TPSA) is 72.5 Å². The van der Waals surface area contributed by atoms with Crippen LogP contribution in [-0.4, -0.2) is 18.2 Å². The third kappa shape index (κ3) is 2.74. The minimum absolute atomic E-state index is 0.266. The summed E-state index contributed by atoms with van der Waals surface area (Å²) in [6.45, 7) is 1.53. The summed E-state index contributed by atoms with van der Waals surface area (Å²) >= 11 is 0. The van der Waals surface area contributed by atoms with Crippen molar-refractivity contribution in [2.75, 3.05) is 12.8 Å². The van der Waals surface area contributed by atoms with E-state index >= 15 is 0 Å². The van der Waals surface area contributed by atoms with Gasteiger partial charge in [-0.2, -0.15) is 0 Å². The highest BCUT2D eigenvalue weighted by atomic mass is 16.5. The van der Waals surface area contributed by atoms with Crippen molar-refractivity contribution >= 4 is 17.7 Å². The first kappa shape index (κ1) is 11.1. The van der Waals surface area contributed by atoms with Gasteiger partial charge < -0.3 is 15.6 Å². The summed E-state index contributed by atoms with van der Waals surface area (Å²) in [5.74, 6) is -0.396. The van der Waals surface area contributed by atoms with Gasteiger partial charge in [-0.25, -0.2) is 4.79 Å². The molecule has 15 heavy (non-hydrogen) atoms. The van der Waals surface area contributed by atoms with E-state index < -0.39 is 5.97 Å². The van der Waals surface area contributed by atoms with Crippen LogP contribution in [0.3, 0.4) is 0 Å². The van der Waals surface area contributed by atoms with Crippen molar-refractivity contribution in [1.82, 2.24) is 0 Å². The highest BCUT2D eigenvalue weighted by molar-refractivity contribution is 5.91. The summed E-state index contributed by atoms with van der Waals surface area (Å²) in [6, 6.07) is 5.12. The maximum atomic E-state index is 10.6. The van der Waals surface area contributed by atoms with E-state index in [2.05, 4.69) is 0 Å². The van der Waals surface area contributed by atoms with E-state index in [-0.39, 0.29) is 5.57 Å². The van der Waals surface area contributed by atoms with Crippen LogP contribution in [0.15, 0.2) is 23.8 Å². The molecule has 80 valence electrons. The monoisotopic (exact) mass is 207 g/mol. The minimum atomic E-state index is -0.939. The third-order valence-corrected chi connectivity index (χ3v) is 1.98. The molecule has 0 saturated carbocycles. The van der Waals surface area contributed by atoms with Gasteiger partial charge in [0.2, 0.25) is 0 Å². The molecule has 0 aromatic heterocycles. The van der Waals surface area contributed by atoms with Crippen molar-refractivity contribution in [2.24, 2.45) is 0 Å². The molecule has 0 fully saturated rings. The van der Waals surface area contributed by atoms with Gasteiger partial charge in [0.1, 0.15) is 5.75 Å². The van der Waals surface area contributed by atoms with Crippen LogP contribution in [0.25, 0.3) is 6.08 Å². The normalized spacial score (nSPS) is 11.2. The molecular formula is C11H13NO3. The number of carbonyl (C=O) groups is 1. The molecule has 0 saturated heterocycles. The second-order valence-corrected chi connectivity index (χ2v) is 3.13. The predicted molar refractivity (Wildman–Crippen MR) is 58.7 cm³/mol. The Bertz CT molecular complexity index is 410. The molecule has 0 aliphatic heterocycles. The van der Waals surface area contributed by atoms with Gasteiger partial charge >= 0.3 is 5.97 Å². The predicted octanol–water partition coefficient (Wildman–Crippen LogP) is 1.77. The first-order valence-electron chi connectivity index (χ1n) is 4.39. The van der Waals surface area contributed by atoms with Crippen molar-refractivity contribution in [3.63, 3.8) is 0 Å². The van der Waals surface area contributed by atoms with Crippen LogP contribution in [0.2, 0.25) is 0 Å². The Labute approximate surface area is 88.0 Å². The maximum Gasteiger partial charge on any atom is 0.331 e. The van der Waals surface area contributed by atoms with Gasteiger partial charge in [0.05, 0.1) is 12.8 Å². The largest absolute Gasteiger partial charge is 0.495 e. The molecule has 1 rings (SSSR count). The zero-order chi connectivity index (χ0) is 11.4. The lowest BCUT2D eigenvalue weighted by molar-refractivity contribution is -0.132. The number of rotatable bonds is 3. The summed E-state index contributed by atoms with van der Waals surface area (Å²) in [5, 5.41) is 8.70. The number of benzene rings is 1. The van der Waals surface area contributed by atoms with Crippen molar-refractivity contribution in [3.8, 4) is 5.75 Å². The lowest BCUT2D eigenvalue weighted by Crippen LogP contribution is -1.96. The first-order chi connectivity index (χ1) is 7.04. The van der Waals surface area contributed by atoms with Crippen LogP contribution >= 0.6 is 0 Å². The molecule has 0 heterocycles. The number of nitrogens with two attached hydrogens (primary N) is 1. The van der Waals surface area contributed by atoms with E-state index in [1.807, 2.05) is 0 Å². The summed E-state index contributed by atoms with van der Waals surface area (Å²) in [4.78, 5) is 10.6. The molecule has 0 unspecified atom stereocenters. The van der Waals surface area contributed by atoms with Crippen molar-refractivity contribution in [2.45, 2.75) is 6.92 Å². The zero-order valence-corrected chi connectivity index (χ0v) is 8.65. The second kappa shape index (κ2) is 4.50. The Balaban J connectivity index is 3.07. The Morgan fingerprint density at radius 3 is 2.73 bits per heavy atom. The van der Waals surface area contributed by atoms with Gasteiger partial charge in [-0.1, -0.05) is 6.07 Å². The number of methoxy groups -OCH3 is 1. The standard InChI is InChI=1S/C11H13NO3/c1-7(11(13)14)5-8-3-4-9(12)10(6-8)15-2/h3-6H,12H2,1-2H3,(H,13,14). The summed E-state index contributed by atoms with van der Waals surface area (Å²) < 4.78 is 5.03. The Morgan fingerprint density at radius 1 is 1.53 bits per heavy atom. The number of carboxylic acids is 1. The number of carboxylic acid groups (broad SMARTS) is 1. The minimum Gasteiger partial charge on any atom is -0.495 e. The fraction of sp³-hybridized carbons (Fsp3) is 0.182. The number of nitrogen functional groups attached to an aromatic ring is 1. The van der Waals surface area contributed by atoms with Gasteiger partial charge in [-0.3, -0.25) is 0 Å². The summed E-state index contributed by atoms with van der Waals surface area (Å²) in [5.41, 5.74) is 7.18. The fourth-order valence-electron chi connectivity index (χ4n) is 1.13. The number of ether oxygens (including phenoxy) is 1. The van der Waals surface area contributed by atoms with E-state index in [0.717, 1.165) is 5.56 Å². The van der Waals surface area contributed by atoms with Crippen molar-refractivity contribution < 1.29 is 14.6 Å². The number of hydrogen-bond acceptors (Lipinski definition) is 3. The van der Waals surface area contributed by atoms with Gasteiger partial charge in [0, 0.05) is 5.57 Å². The van der Waals surface area contributed by atoms with E-state index in [9.17, 15) is 4.79 Å². The molecule has 0 aliphatic rings. The molecule has 0 radical (unpaired) electrons. The van der Waals surface area contributed by atoms with Gasteiger partial charge in [-0.05, 0) is 30.7 Å². The maximum absolute atomic E-state index is 10.6. The van der Waals surface area contributed by atoms with Crippen LogP contribution < -0.4 is 10.5 Å². The van der Waals surface area contributed by atoms with E-state index in [1.54, 1.807) is 24.3 Å². The quantitative estimate of drug-likeness (QED) is 0.585. The first-order valence-corrected chi connectivity index (χ1v) is 4.39. The van der Waals surface area contributed by atoms with Crippen LogP contribution in [0, 0.1) is 0 Å². The molecule has 4 heteroatoms. The van der Waals surface area contributed by atoms with E-state index in [4.69, 9.17) is 15.6 Å². The van der Waals surface area contributed by atoms with Gasteiger partial charge in [0.25, 0.3) is 0 Å². The summed E-state index contributed by atoms with van der Waals surface area (Å²) in [6.07, 6.45) is 1.56. The number of anilines is 1. The van der Waals surface area contributed by atoms with Gasteiger partial charge in [-0.15, -0.1) is 0 Å².